The molecule has 25 heavy (non-hydrogen) atoms. The van der Waals surface area contributed by atoms with Gasteiger partial charge in [0.25, 0.3) is 0 Å². The summed E-state index contributed by atoms with van der Waals surface area (Å²) in [6, 6.07) is 11.4. The minimum Gasteiger partial charge on any atom is -0.494 e. The summed E-state index contributed by atoms with van der Waals surface area (Å²) in [5, 5.41) is 3.53. The Bertz CT molecular complexity index is 864. The highest BCUT2D eigenvalue weighted by atomic mass is 35.5. The molecule has 0 aliphatic carbocycles. The van der Waals surface area contributed by atoms with E-state index in [0.717, 1.165) is 22.0 Å². The number of hydrogen-bond acceptors (Lipinski definition) is 4. The number of carbonyl (C=O) groups excluding carboxylic acids is 1. The van der Waals surface area contributed by atoms with Crippen LogP contribution < -0.4 is 10.1 Å². The maximum atomic E-state index is 12.0. The number of hydrogen-bond donors (Lipinski definition) is 1. The third kappa shape index (κ3) is 4.90. The van der Waals surface area contributed by atoms with Crippen LogP contribution in [0.3, 0.4) is 0 Å². The lowest BCUT2D eigenvalue weighted by Crippen LogP contribution is -2.24. The fourth-order valence-corrected chi connectivity index (χ4v) is 3.19. The Morgan fingerprint density at radius 1 is 1.24 bits per heavy atom. The molecule has 0 saturated carbocycles. The van der Waals surface area contributed by atoms with Gasteiger partial charge >= 0.3 is 0 Å². The van der Waals surface area contributed by atoms with Gasteiger partial charge in [0, 0.05) is 17.3 Å². The molecule has 0 saturated heterocycles. The molecule has 0 bridgehead atoms. The molecule has 5 nitrogen and oxygen atoms in total. The highest BCUT2D eigenvalue weighted by Crippen LogP contribution is 2.21. The number of pyridine rings is 1. The molecule has 0 radical (unpaired) electrons. The summed E-state index contributed by atoms with van der Waals surface area (Å²) >= 11 is 7.44. The molecule has 0 unspecified atom stereocenters. The largest absolute Gasteiger partial charge is 0.494 e. The first kappa shape index (κ1) is 17.6. The van der Waals surface area contributed by atoms with E-state index in [2.05, 4.69) is 10.3 Å². The highest BCUT2D eigenvalue weighted by molar-refractivity contribution is 8.00. The highest BCUT2D eigenvalue weighted by Gasteiger charge is 2.06. The van der Waals surface area contributed by atoms with E-state index >= 15 is 0 Å². The van der Waals surface area contributed by atoms with E-state index in [-0.39, 0.29) is 5.91 Å². The lowest BCUT2D eigenvalue weighted by Gasteiger charge is -2.05. The second-order valence-electron chi connectivity index (χ2n) is 5.31. The van der Waals surface area contributed by atoms with Crippen molar-refractivity contribution in [2.75, 3.05) is 12.4 Å². The Labute approximate surface area is 155 Å². The summed E-state index contributed by atoms with van der Waals surface area (Å²) in [5.74, 6) is 1.16. The molecule has 7 heteroatoms. The number of carbonyl (C=O) groups is 1. The monoisotopic (exact) mass is 375 g/mol. The van der Waals surface area contributed by atoms with Gasteiger partial charge in [0.2, 0.25) is 5.91 Å². The van der Waals surface area contributed by atoms with E-state index in [1.54, 1.807) is 12.3 Å². The number of thioether (sulfide) groups is 1. The molecule has 1 amide bonds. The summed E-state index contributed by atoms with van der Waals surface area (Å²) in [6.07, 6.45) is 3.65. The standard InChI is InChI=1S/C18H18ClN3O2S/c1-2-24-15-4-6-16(7-5-15)25-12-18(23)20-9-14-11-22-10-13(19)3-8-17(22)21-14/h3-8,10-11H,2,9,12H2,1H3,(H,20,23). The van der Waals surface area contributed by atoms with Crippen molar-refractivity contribution in [1.82, 2.24) is 14.7 Å². The molecule has 0 spiro atoms. The molecule has 0 fully saturated rings. The van der Waals surface area contributed by atoms with Crippen LogP contribution >= 0.6 is 23.4 Å². The van der Waals surface area contributed by atoms with Gasteiger partial charge in [-0.15, -0.1) is 11.8 Å². The zero-order valence-corrected chi connectivity index (χ0v) is 15.3. The van der Waals surface area contributed by atoms with Gasteiger partial charge in [-0.1, -0.05) is 11.6 Å². The zero-order chi connectivity index (χ0) is 17.6. The first-order valence-electron chi connectivity index (χ1n) is 7.89. The molecule has 2 heterocycles. The van der Waals surface area contributed by atoms with Crippen molar-refractivity contribution >= 4 is 34.9 Å². The molecule has 130 valence electrons. The van der Waals surface area contributed by atoms with E-state index in [9.17, 15) is 4.79 Å². The van der Waals surface area contributed by atoms with E-state index in [0.29, 0.717) is 23.9 Å². The van der Waals surface area contributed by atoms with Crippen molar-refractivity contribution in [2.45, 2.75) is 18.4 Å². The lowest BCUT2D eigenvalue weighted by atomic mass is 10.3. The number of amides is 1. The van der Waals surface area contributed by atoms with Gasteiger partial charge in [-0.3, -0.25) is 4.79 Å². The number of benzene rings is 1. The molecule has 3 aromatic rings. The minimum absolute atomic E-state index is 0.0334. The van der Waals surface area contributed by atoms with Gasteiger partial charge in [-0.2, -0.15) is 0 Å². The fourth-order valence-electron chi connectivity index (χ4n) is 2.29. The summed E-state index contributed by atoms with van der Waals surface area (Å²) in [4.78, 5) is 17.5. The molecule has 1 N–H and O–H groups in total. The Morgan fingerprint density at radius 3 is 2.80 bits per heavy atom. The van der Waals surface area contributed by atoms with E-state index < -0.39 is 0 Å². The van der Waals surface area contributed by atoms with Gasteiger partial charge in [-0.05, 0) is 43.3 Å². The van der Waals surface area contributed by atoms with Crippen LogP contribution in [0.5, 0.6) is 5.75 Å². The molecule has 0 aliphatic heterocycles. The number of nitrogens with zero attached hydrogens (tertiary/aromatic N) is 2. The summed E-state index contributed by atoms with van der Waals surface area (Å²) in [7, 11) is 0. The van der Waals surface area contributed by atoms with Crippen LogP contribution in [0.2, 0.25) is 5.02 Å². The molecular formula is C18H18ClN3O2S. The second-order valence-corrected chi connectivity index (χ2v) is 6.80. The zero-order valence-electron chi connectivity index (χ0n) is 13.7. The average Bonchev–Trinajstić information content (AvgIpc) is 3.01. The third-order valence-electron chi connectivity index (χ3n) is 3.44. The van der Waals surface area contributed by atoms with Gasteiger partial charge in [0.1, 0.15) is 11.4 Å². The number of imidazole rings is 1. The topological polar surface area (TPSA) is 55.6 Å². The average molecular weight is 376 g/mol. The smallest absolute Gasteiger partial charge is 0.230 e. The number of ether oxygens (including phenoxy) is 1. The van der Waals surface area contributed by atoms with Crippen molar-refractivity contribution in [2.24, 2.45) is 0 Å². The van der Waals surface area contributed by atoms with Gasteiger partial charge in [0.05, 0.1) is 29.6 Å². The summed E-state index contributed by atoms with van der Waals surface area (Å²) in [5.41, 5.74) is 1.60. The van der Waals surface area contributed by atoms with Crippen molar-refractivity contribution in [1.29, 1.82) is 0 Å². The predicted octanol–water partition coefficient (Wildman–Crippen LogP) is 3.79. The number of halogens is 1. The summed E-state index contributed by atoms with van der Waals surface area (Å²) in [6.45, 7) is 2.98. The molecule has 0 aliphatic rings. The Hall–Kier alpha value is -2.18. The molecule has 3 rings (SSSR count). The van der Waals surface area contributed by atoms with Crippen molar-refractivity contribution in [3.05, 3.63) is 59.5 Å². The van der Waals surface area contributed by atoms with E-state index in [1.165, 1.54) is 11.8 Å². The fraction of sp³-hybridized carbons (Fsp3) is 0.222. The summed E-state index contributed by atoms with van der Waals surface area (Å²) < 4.78 is 7.25. The first-order valence-corrected chi connectivity index (χ1v) is 9.26. The van der Waals surface area contributed by atoms with Crippen LogP contribution in [0.25, 0.3) is 5.65 Å². The van der Waals surface area contributed by atoms with Gasteiger partial charge in [-0.25, -0.2) is 4.98 Å². The maximum Gasteiger partial charge on any atom is 0.230 e. The van der Waals surface area contributed by atoms with Crippen LogP contribution in [0, 0.1) is 0 Å². The van der Waals surface area contributed by atoms with Gasteiger partial charge in [0.15, 0.2) is 0 Å². The van der Waals surface area contributed by atoms with E-state index in [4.69, 9.17) is 16.3 Å². The molecule has 1 aromatic carbocycles. The van der Waals surface area contributed by atoms with E-state index in [1.807, 2.05) is 47.9 Å². The second kappa shape index (κ2) is 8.27. The van der Waals surface area contributed by atoms with Crippen molar-refractivity contribution in [3.8, 4) is 5.75 Å². The number of fused-ring (bicyclic) bond motifs is 1. The first-order chi connectivity index (χ1) is 12.1. The third-order valence-corrected chi connectivity index (χ3v) is 4.67. The quantitative estimate of drug-likeness (QED) is 0.638. The Kier molecular flexibility index (Phi) is 5.83. The van der Waals surface area contributed by atoms with Crippen LogP contribution in [-0.2, 0) is 11.3 Å². The molecule has 2 aromatic heterocycles. The minimum atomic E-state index is -0.0334. The van der Waals surface area contributed by atoms with Crippen LogP contribution in [0.4, 0.5) is 0 Å². The van der Waals surface area contributed by atoms with Crippen molar-refractivity contribution in [3.63, 3.8) is 0 Å². The molecule has 0 atom stereocenters. The molecular weight excluding hydrogens is 358 g/mol. The van der Waals surface area contributed by atoms with Crippen LogP contribution in [0.1, 0.15) is 12.6 Å². The SMILES string of the molecule is CCOc1ccc(SCC(=O)NCc2cn3cc(Cl)ccc3n2)cc1. The number of nitrogens with one attached hydrogen (secondary N) is 1. The normalized spacial score (nSPS) is 10.8. The lowest BCUT2D eigenvalue weighted by molar-refractivity contribution is -0.118. The maximum absolute atomic E-state index is 12.0. The van der Waals surface area contributed by atoms with Crippen LogP contribution in [0.15, 0.2) is 53.7 Å². The Morgan fingerprint density at radius 2 is 2.04 bits per heavy atom. The number of rotatable bonds is 7. The van der Waals surface area contributed by atoms with Crippen LogP contribution in [-0.4, -0.2) is 27.7 Å². The Balaban J connectivity index is 1.48. The predicted molar refractivity (Wildman–Crippen MR) is 100 cm³/mol. The van der Waals surface area contributed by atoms with Gasteiger partial charge < -0.3 is 14.5 Å². The number of aromatic nitrogens is 2. The van der Waals surface area contributed by atoms with Crippen molar-refractivity contribution < 1.29 is 9.53 Å².